The minimum absolute atomic E-state index is 0. The maximum absolute atomic E-state index is 6.00. The standard InChI is InChI=1S/C9H11ClN2O.ClH/c10-8-5-11-2-1-7(8)9-6-13-4-3-12-9;/h1-2,5,9,12H,3-4,6H2;1H/t9-;/m1./s1. The molecule has 1 N–H and O–H groups in total. The van der Waals surface area contributed by atoms with E-state index >= 15 is 0 Å². The number of nitrogens with one attached hydrogen (secondary N) is 1. The van der Waals surface area contributed by atoms with Gasteiger partial charge in [0.25, 0.3) is 0 Å². The van der Waals surface area contributed by atoms with Gasteiger partial charge in [0.05, 0.1) is 24.3 Å². The zero-order chi connectivity index (χ0) is 9.10. The van der Waals surface area contributed by atoms with Crippen LogP contribution >= 0.6 is 24.0 Å². The highest BCUT2D eigenvalue weighted by Crippen LogP contribution is 2.22. The summed E-state index contributed by atoms with van der Waals surface area (Å²) in [5.74, 6) is 0. The molecule has 1 atom stereocenters. The average molecular weight is 235 g/mol. The molecule has 0 unspecified atom stereocenters. The second-order valence-electron chi connectivity index (χ2n) is 2.98. The van der Waals surface area contributed by atoms with Crippen LogP contribution in [0.3, 0.4) is 0 Å². The number of ether oxygens (including phenoxy) is 1. The number of aromatic nitrogens is 1. The summed E-state index contributed by atoms with van der Waals surface area (Å²) in [4.78, 5) is 3.94. The summed E-state index contributed by atoms with van der Waals surface area (Å²) in [5, 5.41) is 4.04. The van der Waals surface area contributed by atoms with Crippen molar-refractivity contribution < 1.29 is 4.74 Å². The van der Waals surface area contributed by atoms with Gasteiger partial charge in [-0.3, -0.25) is 4.98 Å². The molecule has 1 saturated heterocycles. The molecule has 1 fully saturated rings. The average Bonchev–Trinajstić information content (AvgIpc) is 2.20. The summed E-state index contributed by atoms with van der Waals surface area (Å²) in [5.41, 5.74) is 1.07. The van der Waals surface area contributed by atoms with Crippen molar-refractivity contribution in [2.45, 2.75) is 6.04 Å². The Labute approximate surface area is 94.2 Å². The van der Waals surface area contributed by atoms with Crippen molar-refractivity contribution in [3.05, 3.63) is 29.0 Å². The summed E-state index contributed by atoms with van der Waals surface area (Å²) in [6.07, 6.45) is 3.41. The van der Waals surface area contributed by atoms with Gasteiger partial charge in [-0.2, -0.15) is 0 Å². The van der Waals surface area contributed by atoms with Crippen LogP contribution in [0.1, 0.15) is 11.6 Å². The first-order chi connectivity index (χ1) is 6.38. The van der Waals surface area contributed by atoms with Gasteiger partial charge < -0.3 is 10.1 Å². The third kappa shape index (κ3) is 2.58. The molecule has 0 bridgehead atoms. The molecule has 2 rings (SSSR count). The number of halogens is 2. The maximum Gasteiger partial charge on any atom is 0.0662 e. The summed E-state index contributed by atoms with van der Waals surface area (Å²) in [6, 6.07) is 2.14. The highest BCUT2D eigenvalue weighted by atomic mass is 35.5. The number of pyridine rings is 1. The van der Waals surface area contributed by atoms with Gasteiger partial charge >= 0.3 is 0 Å². The molecule has 14 heavy (non-hydrogen) atoms. The molecule has 78 valence electrons. The third-order valence-electron chi connectivity index (χ3n) is 2.10. The van der Waals surface area contributed by atoms with Crippen LogP contribution in [0.5, 0.6) is 0 Å². The molecule has 0 radical (unpaired) electrons. The van der Waals surface area contributed by atoms with Gasteiger partial charge in [0.2, 0.25) is 0 Å². The van der Waals surface area contributed by atoms with Crippen LogP contribution in [-0.4, -0.2) is 24.7 Å². The van der Waals surface area contributed by atoms with Gasteiger partial charge in [0.15, 0.2) is 0 Å². The van der Waals surface area contributed by atoms with Crippen molar-refractivity contribution in [2.24, 2.45) is 0 Å². The van der Waals surface area contributed by atoms with Crippen LogP contribution in [0.25, 0.3) is 0 Å². The van der Waals surface area contributed by atoms with E-state index in [-0.39, 0.29) is 18.4 Å². The Morgan fingerprint density at radius 1 is 1.57 bits per heavy atom. The molecule has 0 spiro atoms. The molecule has 0 aromatic carbocycles. The van der Waals surface area contributed by atoms with E-state index in [9.17, 15) is 0 Å². The lowest BCUT2D eigenvalue weighted by Crippen LogP contribution is -2.34. The molecule has 5 heteroatoms. The molecule has 0 aliphatic carbocycles. The van der Waals surface area contributed by atoms with Crippen molar-refractivity contribution >= 4 is 24.0 Å². The Bertz CT molecular complexity index is 290. The normalized spacial score (nSPS) is 21.4. The smallest absolute Gasteiger partial charge is 0.0662 e. The van der Waals surface area contributed by atoms with Crippen LogP contribution in [0.2, 0.25) is 5.02 Å². The second kappa shape index (κ2) is 5.51. The van der Waals surface area contributed by atoms with E-state index in [2.05, 4.69) is 10.3 Å². The molecule has 1 aromatic rings. The van der Waals surface area contributed by atoms with Crippen LogP contribution in [0.4, 0.5) is 0 Å². The van der Waals surface area contributed by atoms with E-state index in [4.69, 9.17) is 16.3 Å². The highest BCUT2D eigenvalue weighted by molar-refractivity contribution is 6.31. The van der Waals surface area contributed by atoms with Crippen molar-refractivity contribution in [1.82, 2.24) is 10.3 Å². The van der Waals surface area contributed by atoms with E-state index in [0.717, 1.165) is 18.7 Å². The quantitative estimate of drug-likeness (QED) is 0.806. The van der Waals surface area contributed by atoms with Gasteiger partial charge in [0.1, 0.15) is 0 Å². The Hall–Kier alpha value is -0.350. The van der Waals surface area contributed by atoms with Crippen molar-refractivity contribution in [3.8, 4) is 0 Å². The number of rotatable bonds is 1. The summed E-state index contributed by atoms with van der Waals surface area (Å²) in [6.45, 7) is 2.34. The first-order valence-electron chi connectivity index (χ1n) is 4.28. The fourth-order valence-corrected chi connectivity index (χ4v) is 1.68. The van der Waals surface area contributed by atoms with Gasteiger partial charge in [-0.1, -0.05) is 11.6 Å². The van der Waals surface area contributed by atoms with Gasteiger partial charge in [-0.25, -0.2) is 0 Å². The van der Waals surface area contributed by atoms with E-state index in [1.807, 2.05) is 6.07 Å². The monoisotopic (exact) mass is 234 g/mol. The molecule has 1 aliphatic heterocycles. The molecule has 1 aromatic heterocycles. The number of morpholine rings is 1. The Balaban J connectivity index is 0.000000980. The van der Waals surface area contributed by atoms with Crippen LogP contribution < -0.4 is 5.32 Å². The first-order valence-corrected chi connectivity index (χ1v) is 4.66. The molecular weight excluding hydrogens is 223 g/mol. The van der Waals surface area contributed by atoms with E-state index in [0.29, 0.717) is 11.6 Å². The zero-order valence-corrected chi connectivity index (χ0v) is 9.14. The lowest BCUT2D eigenvalue weighted by Gasteiger charge is -2.24. The van der Waals surface area contributed by atoms with Crippen LogP contribution in [0, 0.1) is 0 Å². The molecule has 0 amide bonds. The lowest BCUT2D eigenvalue weighted by molar-refractivity contribution is 0.0769. The van der Waals surface area contributed by atoms with Gasteiger partial charge in [-0.05, 0) is 11.6 Å². The molecular formula is C9H12Cl2N2O. The van der Waals surface area contributed by atoms with Crippen LogP contribution in [-0.2, 0) is 4.74 Å². The fraction of sp³-hybridized carbons (Fsp3) is 0.444. The minimum atomic E-state index is 0. The highest BCUT2D eigenvalue weighted by Gasteiger charge is 2.17. The minimum Gasteiger partial charge on any atom is -0.378 e. The first kappa shape index (κ1) is 11.7. The second-order valence-corrected chi connectivity index (χ2v) is 3.39. The molecule has 0 saturated carbocycles. The van der Waals surface area contributed by atoms with E-state index in [1.165, 1.54) is 0 Å². The van der Waals surface area contributed by atoms with Gasteiger partial charge in [0, 0.05) is 18.9 Å². The zero-order valence-electron chi connectivity index (χ0n) is 7.57. The molecule has 2 heterocycles. The van der Waals surface area contributed by atoms with Crippen LogP contribution in [0.15, 0.2) is 18.5 Å². The topological polar surface area (TPSA) is 34.1 Å². The Morgan fingerprint density at radius 2 is 2.43 bits per heavy atom. The summed E-state index contributed by atoms with van der Waals surface area (Å²) < 4.78 is 5.35. The number of hydrogen-bond acceptors (Lipinski definition) is 3. The Morgan fingerprint density at radius 3 is 3.07 bits per heavy atom. The van der Waals surface area contributed by atoms with Crippen molar-refractivity contribution in [3.63, 3.8) is 0 Å². The maximum atomic E-state index is 6.00. The predicted molar refractivity (Wildman–Crippen MR) is 58.1 cm³/mol. The number of nitrogens with zero attached hydrogens (tertiary/aromatic N) is 1. The number of hydrogen-bond donors (Lipinski definition) is 1. The molecule has 3 nitrogen and oxygen atoms in total. The lowest BCUT2D eigenvalue weighted by atomic mass is 10.1. The largest absolute Gasteiger partial charge is 0.378 e. The molecule has 1 aliphatic rings. The fourth-order valence-electron chi connectivity index (χ4n) is 1.43. The van der Waals surface area contributed by atoms with E-state index < -0.39 is 0 Å². The van der Waals surface area contributed by atoms with E-state index in [1.54, 1.807) is 12.4 Å². The SMILES string of the molecule is Cl.Clc1cnccc1[C@H]1COCCN1. The predicted octanol–water partition coefficient (Wildman–Crippen LogP) is 1.82. The summed E-state index contributed by atoms with van der Waals surface area (Å²) in [7, 11) is 0. The van der Waals surface area contributed by atoms with Crippen molar-refractivity contribution in [1.29, 1.82) is 0 Å². The van der Waals surface area contributed by atoms with Gasteiger partial charge in [-0.15, -0.1) is 12.4 Å². The third-order valence-corrected chi connectivity index (χ3v) is 2.42. The Kier molecular flexibility index (Phi) is 4.62. The summed E-state index contributed by atoms with van der Waals surface area (Å²) >= 11 is 6.00. The van der Waals surface area contributed by atoms with Crippen molar-refractivity contribution in [2.75, 3.05) is 19.8 Å².